The maximum absolute atomic E-state index is 12.7. The molecule has 1 aromatic carbocycles. The molecule has 0 bridgehead atoms. The molecule has 6 nitrogen and oxygen atoms in total. The zero-order chi connectivity index (χ0) is 20.9. The fourth-order valence-electron chi connectivity index (χ4n) is 4.68. The van der Waals surface area contributed by atoms with Crippen molar-refractivity contribution in [2.24, 2.45) is 11.8 Å². The van der Waals surface area contributed by atoms with Crippen LogP contribution < -0.4 is 4.74 Å². The van der Waals surface area contributed by atoms with Crippen molar-refractivity contribution in [2.75, 3.05) is 39.4 Å². The van der Waals surface area contributed by atoms with Crippen LogP contribution in [-0.2, 0) is 9.53 Å². The van der Waals surface area contributed by atoms with E-state index < -0.39 is 0 Å². The average molecular weight is 415 g/mol. The van der Waals surface area contributed by atoms with Crippen molar-refractivity contribution in [3.05, 3.63) is 29.8 Å². The zero-order valence-corrected chi connectivity index (χ0v) is 18.1. The fourth-order valence-corrected chi connectivity index (χ4v) is 4.68. The molecule has 4 rings (SSSR count). The van der Waals surface area contributed by atoms with Gasteiger partial charge in [-0.25, -0.2) is 0 Å². The summed E-state index contributed by atoms with van der Waals surface area (Å²) < 4.78 is 11.6. The number of benzene rings is 1. The third kappa shape index (κ3) is 5.15. The van der Waals surface area contributed by atoms with Crippen LogP contribution in [0.15, 0.2) is 24.3 Å². The Balaban J connectivity index is 1.25. The van der Waals surface area contributed by atoms with Gasteiger partial charge in [0.2, 0.25) is 0 Å². The first-order valence-electron chi connectivity index (χ1n) is 11.5. The van der Waals surface area contributed by atoms with E-state index in [-0.39, 0.29) is 17.9 Å². The molecule has 0 spiro atoms. The molecule has 3 heterocycles. The maximum atomic E-state index is 12.7. The van der Waals surface area contributed by atoms with Gasteiger partial charge in [-0.05, 0) is 68.7 Å². The van der Waals surface area contributed by atoms with Gasteiger partial charge in [0.25, 0.3) is 11.8 Å². The molecule has 0 aromatic heterocycles. The lowest BCUT2D eigenvalue weighted by Crippen LogP contribution is -2.45. The highest BCUT2D eigenvalue weighted by atomic mass is 16.5. The van der Waals surface area contributed by atoms with Crippen LogP contribution in [0.4, 0.5) is 0 Å². The molecule has 164 valence electrons. The predicted molar refractivity (Wildman–Crippen MR) is 115 cm³/mol. The smallest absolute Gasteiger partial charge is 0.253 e. The Labute approximate surface area is 179 Å². The van der Waals surface area contributed by atoms with Crippen molar-refractivity contribution in [1.82, 2.24) is 9.80 Å². The van der Waals surface area contributed by atoms with Crippen molar-refractivity contribution >= 4 is 11.8 Å². The van der Waals surface area contributed by atoms with Gasteiger partial charge in [0.05, 0.1) is 6.61 Å². The van der Waals surface area contributed by atoms with Gasteiger partial charge in [-0.2, -0.15) is 0 Å². The molecule has 3 aliphatic rings. The molecule has 3 aliphatic heterocycles. The number of piperidine rings is 2. The van der Waals surface area contributed by atoms with E-state index in [2.05, 4.69) is 6.92 Å². The van der Waals surface area contributed by atoms with Crippen LogP contribution in [0.25, 0.3) is 0 Å². The van der Waals surface area contributed by atoms with Crippen LogP contribution in [0.3, 0.4) is 0 Å². The van der Waals surface area contributed by atoms with E-state index in [1.807, 2.05) is 34.1 Å². The summed E-state index contributed by atoms with van der Waals surface area (Å²) in [7, 11) is 0. The lowest BCUT2D eigenvalue weighted by Gasteiger charge is -2.34. The van der Waals surface area contributed by atoms with Gasteiger partial charge in [-0.3, -0.25) is 9.59 Å². The zero-order valence-electron chi connectivity index (χ0n) is 18.1. The van der Waals surface area contributed by atoms with Gasteiger partial charge in [-0.15, -0.1) is 0 Å². The minimum absolute atomic E-state index is 0.115. The van der Waals surface area contributed by atoms with Crippen LogP contribution in [-0.4, -0.2) is 67.1 Å². The Bertz CT molecular complexity index is 721. The summed E-state index contributed by atoms with van der Waals surface area (Å²) in [5.41, 5.74) is 0.725. The minimum Gasteiger partial charge on any atom is -0.493 e. The third-order valence-corrected chi connectivity index (χ3v) is 6.69. The van der Waals surface area contributed by atoms with Crippen molar-refractivity contribution < 1.29 is 19.1 Å². The summed E-state index contributed by atoms with van der Waals surface area (Å²) >= 11 is 0. The van der Waals surface area contributed by atoms with Gasteiger partial charge in [0, 0.05) is 44.3 Å². The molecule has 0 aliphatic carbocycles. The molecule has 0 N–H and O–H groups in total. The number of carbonyl (C=O) groups excluding carboxylic acids is 2. The van der Waals surface area contributed by atoms with Gasteiger partial charge >= 0.3 is 0 Å². The van der Waals surface area contributed by atoms with Gasteiger partial charge in [-0.1, -0.05) is 6.92 Å². The first-order chi connectivity index (χ1) is 14.6. The monoisotopic (exact) mass is 414 g/mol. The Morgan fingerprint density at radius 2 is 1.77 bits per heavy atom. The van der Waals surface area contributed by atoms with Crippen LogP contribution in [0.5, 0.6) is 5.75 Å². The molecule has 2 amide bonds. The number of nitrogens with zero attached hydrogens (tertiary/aromatic N) is 2. The number of ether oxygens (including phenoxy) is 2. The van der Waals surface area contributed by atoms with Gasteiger partial charge in [0.1, 0.15) is 11.9 Å². The highest BCUT2D eigenvalue weighted by Gasteiger charge is 2.31. The third-order valence-electron chi connectivity index (χ3n) is 6.69. The second-order valence-corrected chi connectivity index (χ2v) is 9.10. The quantitative estimate of drug-likeness (QED) is 0.741. The number of rotatable bonds is 5. The topological polar surface area (TPSA) is 59.1 Å². The summed E-state index contributed by atoms with van der Waals surface area (Å²) in [6.45, 7) is 6.79. The second kappa shape index (κ2) is 9.82. The standard InChI is InChI=1S/C24H34N2O4/c1-18-10-13-25(14-11-18)23(27)20-6-8-21(9-7-20)30-17-19-4-2-12-26(16-19)24(28)22-5-3-15-29-22/h6-9,18-19,22H,2-5,10-17H2,1H3/t19-,22+/m1/s1. The molecule has 3 saturated heterocycles. The van der Waals surface area contributed by atoms with Crippen LogP contribution >= 0.6 is 0 Å². The first-order valence-corrected chi connectivity index (χ1v) is 11.5. The van der Waals surface area contributed by atoms with E-state index in [0.29, 0.717) is 25.0 Å². The molecule has 30 heavy (non-hydrogen) atoms. The van der Waals surface area contributed by atoms with Crippen LogP contribution in [0.1, 0.15) is 55.8 Å². The van der Waals surface area contributed by atoms with Crippen molar-refractivity contribution in [3.63, 3.8) is 0 Å². The average Bonchev–Trinajstić information content (AvgIpc) is 3.33. The maximum Gasteiger partial charge on any atom is 0.253 e. The highest BCUT2D eigenvalue weighted by Crippen LogP contribution is 2.23. The largest absolute Gasteiger partial charge is 0.493 e. The molecular weight excluding hydrogens is 380 g/mol. The minimum atomic E-state index is -0.238. The summed E-state index contributed by atoms with van der Waals surface area (Å²) in [6, 6.07) is 7.50. The number of hydrogen-bond acceptors (Lipinski definition) is 4. The summed E-state index contributed by atoms with van der Waals surface area (Å²) in [4.78, 5) is 29.2. The van der Waals surface area contributed by atoms with Gasteiger partial charge < -0.3 is 19.3 Å². The molecule has 1 aromatic rings. The Hall–Kier alpha value is -2.08. The van der Waals surface area contributed by atoms with Crippen LogP contribution in [0, 0.1) is 11.8 Å². The molecule has 3 fully saturated rings. The SMILES string of the molecule is CC1CCN(C(=O)c2ccc(OC[C@@H]3CCCN(C(=O)[C@@H]4CCCO4)C3)cc2)CC1. The molecule has 0 unspecified atom stereocenters. The Kier molecular flexibility index (Phi) is 6.93. The number of hydrogen-bond donors (Lipinski definition) is 0. The van der Waals surface area contributed by atoms with Gasteiger partial charge in [0.15, 0.2) is 0 Å². The number of amides is 2. The van der Waals surface area contributed by atoms with E-state index in [9.17, 15) is 9.59 Å². The molecule has 0 radical (unpaired) electrons. The molecular formula is C24H34N2O4. The lowest BCUT2D eigenvalue weighted by molar-refractivity contribution is -0.143. The summed E-state index contributed by atoms with van der Waals surface area (Å²) in [5, 5.41) is 0. The van der Waals surface area contributed by atoms with E-state index in [0.717, 1.165) is 76.0 Å². The fraction of sp³-hybridized carbons (Fsp3) is 0.667. The molecule has 2 atom stereocenters. The molecule has 0 saturated carbocycles. The highest BCUT2D eigenvalue weighted by molar-refractivity contribution is 5.94. The van der Waals surface area contributed by atoms with Crippen molar-refractivity contribution in [1.29, 1.82) is 0 Å². The number of carbonyl (C=O) groups is 2. The molecule has 6 heteroatoms. The van der Waals surface area contributed by atoms with Crippen LogP contribution in [0.2, 0.25) is 0 Å². The van der Waals surface area contributed by atoms with E-state index in [1.54, 1.807) is 0 Å². The van der Waals surface area contributed by atoms with E-state index in [1.165, 1.54) is 0 Å². The normalized spacial score (nSPS) is 25.4. The Morgan fingerprint density at radius 1 is 1.00 bits per heavy atom. The van der Waals surface area contributed by atoms with Crippen molar-refractivity contribution in [2.45, 2.75) is 51.6 Å². The first kappa shape index (κ1) is 21.2. The summed E-state index contributed by atoms with van der Waals surface area (Å²) in [6.07, 6.45) is 5.83. The van der Waals surface area contributed by atoms with E-state index in [4.69, 9.17) is 9.47 Å². The van der Waals surface area contributed by atoms with E-state index >= 15 is 0 Å². The second-order valence-electron chi connectivity index (χ2n) is 9.10. The summed E-state index contributed by atoms with van der Waals surface area (Å²) in [5.74, 6) is 2.08. The van der Waals surface area contributed by atoms with Crippen molar-refractivity contribution in [3.8, 4) is 5.75 Å². The number of likely N-dealkylation sites (tertiary alicyclic amines) is 2. The Morgan fingerprint density at radius 3 is 2.47 bits per heavy atom. The predicted octanol–water partition coefficient (Wildman–Crippen LogP) is 3.36. The lowest BCUT2D eigenvalue weighted by atomic mass is 9.98.